The molecular weight excluding hydrogens is 1100 g/mol. The van der Waals surface area contributed by atoms with Crippen LogP contribution in [0.5, 0.6) is 11.5 Å². The van der Waals surface area contributed by atoms with Crippen LogP contribution in [0.25, 0.3) is 0 Å². The molecule has 0 aromatic heterocycles. The molecular formula is C68H82Cl2N4O10. The molecule has 2 amide bonds. The minimum absolute atomic E-state index is 0.0228. The van der Waals surface area contributed by atoms with E-state index in [1.165, 1.54) is 22.3 Å². The fraction of sp³-hybridized carbons (Fsp3) is 0.529. The van der Waals surface area contributed by atoms with Crippen LogP contribution in [0.1, 0.15) is 122 Å². The lowest BCUT2D eigenvalue weighted by Crippen LogP contribution is -2.49. The Kier molecular flexibility index (Phi) is 18.1. The second kappa shape index (κ2) is 25.5. The third kappa shape index (κ3) is 12.3. The Labute approximate surface area is 505 Å². The Morgan fingerprint density at radius 3 is 1.40 bits per heavy atom. The first-order valence-electron chi connectivity index (χ1n) is 30.5. The summed E-state index contributed by atoms with van der Waals surface area (Å²) in [5.74, 6) is -0.990. The molecule has 2 saturated carbocycles. The zero-order valence-corrected chi connectivity index (χ0v) is 50.6. The van der Waals surface area contributed by atoms with Crippen molar-refractivity contribution in [2.45, 2.75) is 125 Å². The van der Waals surface area contributed by atoms with E-state index in [0.717, 1.165) is 123 Å². The molecule has 10 atom stereocenters. The monoisotopic (exact) mass is 1180 g/mol. The number of amides is 2. The first kappa shape index (κ1) is 59.7. The fourth-order valence-corrected chi connectivity index (χ4v) is 15.6. The second-order valence-electron chi connectivity index (χ2n) is 25.3. The fourth-order valence-electron chi connectivity index (χ4n) is 15.2. The first-order chi connectivity index (χ1) is 40.5. The molecule has 16 heteroatoms. The number of hydrogen-bond donors (Lipinski definition) is 2. The van der Waals surface area contributed by atoms with Crippen molar-refractivity contribution in [2.75, 3.05) is 90.6 Å². The Morgan fingerprint density at radius 1 is 0.595 bits per heavy atom. The van der Waals surface area contributed by atoms with Crippen molar-refractivity contribution in [3.05, 3.63) is 141 Å². The van der Waals surface area contributed by atoms with Crippen molar-refractivity contribution in [1.82, 2.24) is 9.80 Å². The van der Waals surface area contributed by atoms with Gasteiger partial charge in [0.2, 0.25) is 11.8 Å². The number of fused-ring (bicyclic) bond motifs is 8. The van der Waals surface area contributed by atoms with E-state index in [4.69, 9.17) is 42.1 Å². The molecule has 4 bridgehead atoms. The van der Waals surface area contributed by atoms with Crippen molar-refractivity contribution in [3.63, 3.8) is 0 Å². The number of rotatable bonds is 4. The Morgan fingerprint density at radius 2 is 1.02 bits per heavy atom. The molecule has 12 rings (SSSR count). The Balaban J connectivity index is 0.000000175. The van der Waals surface area contributed by atoms with E-state index in [0.29, 0.717) is 73.9 Å². The normalized spacial score (nSPS) is 30.4. The number of methoxy groups -OCH3 is 2. The van der Waals surface area contributed by atoms with Gasteiger partial charge in [-0.05, 0) is 183 Å². The number of carboxylic acid groups (broad SMARTS) is 2. The average Bonchev–Trinajstić information content (AvgIpc) is 2.19. The SMILES string of the molecule is CO[C@H]1/C=C/CCN(C)C(=O)C[C@@H](C(=O)O)c2ccc3c(c2)N(C[C@@H]2CC[C@H]21)C[C@@]1(CCCc2cc(Cl)ccc21)CO3.CO[C@H]1/C=C/CCN(C)C(=O)C[C@H](C(=O)O)c2ccc3c(c2)N(C[C@@H]2CC[C@H]21)C[C@@]1(CCCc2cc(Cl)ccc21)CO3. The lowest BCUT2D eigenvalue weighted by Gasteiger charge is -2.46. The Hall–Kier alpha value is -6.06. The van der Waals surface area contributed by atoms with Gasteiger partial charge in [-0.2, -0.15) is 0 Å². The van der Waals surface area contributed by atoms with E-state index < -0.39 is 23.8 Å². The van der Waals surface area contributed by atoms with Gasteiger partial charge < -0.3 is 48.8 Å². The van der Waals surface area contributed by atoms with Gasteiger partial charge in [-0.15, -0.1) is 0 Å². The number of benzene rings is 4. The van der Waals surface area contributed by atoms with Gasteiger partial charge >= 0.3 is 11.9 Å². The van der Waals surface area contributed by atoms with E-state index in [-0.39, 0.29) is 47.7 Å². The zero-order chi connectivity index (χ0) is 58.9. The minimum atomic E-state index is -0.990. The number of halogens is 2. The molecule has 0 saturated heterocycles. The lowest BCUT2D eigenvalue weighted by atomic mass is 9.68. The van der Waals surface area contributed by atoms with Gasteiger partial charge in [0, 0.05) is 101 Å². The summed E-state index contributed by atoms with van der Waals surface area (Å²) in [6.07, 6.45) is 20.4. The van der Waals surface area contributed by atoms with Gasteiger partial charge in [0.1, 0.15) is 11.5 Å². The van der Waals surface area contributed by atoms with E-state index >= 15 is 0 Å². The molecule has 0 unspecified atom stereocenters. The van der Waals surface area contributed by atoms with Crippen LogP contribution in [-0.4, -0.2) is 137 Å². The third-order valence-electron chi connectivity index (χ3n) is 20.3. The summed E-state index contributed by atoms with van der Waals surface area (Å²) >= 11 is 12.8. The number of ether oxygens (including phenoxy) is 4. The van der Waals surface area contributed by atoms with Gasteiger partial charge in [-0.1, -0.05) is 71.8 Å². The maximum atomic E-state index is 13.1. The molecule has 4 aliphatic heterocycles. The molecule has 4 aromatic rings. The maximum Gasteiger partial charge on any atom is 0.311 e. The van der Waals surface area contributed by atoms with Gasteiger partial charge in [-0.3, -0.25) is 19.2 Å². The predicted molar refractivity (Wildman–Crippen MR) is 327 cm³/mol. The number of carbonyl (C=O) groups is 4. The lowest BCUT2D eigenvalue weighted by molar-refractivity contribution is -0.142. The number of aryl methyl sites for hydroxylation is 2. The molecule has 2 spiro atoms. The van der Waals surface area contributed by atoms with Crippen molar-refractivity contribution in [1.29, 1.82) is 0 Å². The van der Waals surface area contributed by atoms with Gasteiger partial charge in [0.25, 0.3) is 0 Å². The molecule has 4 aromatic carbocycles. The van der Waals surface area contributed by atoms with E-state index in [1.807, 2.05) is 48.5 Å². The Bertz CT molecular complexity index is 2960. The van der Waals surface area contributed by atoms with E-state index in [9.17, 15) is 29.4 Å². The second-order valence-corrected chi connectivity index (χ2v) is 26.2. The number of anilines is 2. The number of hydrogen-bond acceptors (Lipinski definition) is 10. The van der Waals surface area contributed by atoms with Crippen molar-refractivity contribution in [2.24, 2.45) is 23.7 Å². The van der Waals surface area contributed by atoms with Crippen LogP contribution in [0.15, 0.2) is 97.1 Å². The molecule has 0 radical (unpaired) electrons. The van der Waals surface area contributed by atoms with Crippen molar-refractivity contribution in [3.8, 4) is 11.5 Å². The number of aliphatic carboxylic acids is 2. The highest BCUT2D eigenvalue weighted by Crippen LogP contribution is 2.50. The van der Waals surface area contributed by atoms with Gasteiger partial charge in [0.15, 0.2) is 0 Å². The topological polar surface area (TPSA) is 159 Å². The summed E-state index contributed by atoms with van der Waals surface area (Å²) in [7, 11) is 7.06. The summed E-state index contributed by atoms with van der Waals surface area (Å²) in [6.45, 7) is 5.38. The molecule has 2 N–H and O–H groups in total. The largest absolute Gasteiger partial charge is 0.490 e. The number of carbonyl (C=O) groups excluding carboxylic acids is 2. The van der Waals surface area contributed by atoms with Crippen LogP contribution < -0.4 is 19.3 Å². The third-order valence-corrected chi connectivity index (χ3v) is 20.8. The number of carboxylic acids is 2. The first-order valence-corrected chi connectivity index (χ1v) is 31.2. The summed E-state index contributed by atoms with van der Waals surface area (Å²) in [4.78, 5) is 59.4. The van der Waals surface area contributed by atoms with Gasteiger partial charge in [0.05, 0.1) is 48.6 Å². The highest BCUT2D eigenvalue weighted by molar-refractivity contribution is 6.31. The quantitative estimate of drug-likeness (QED) is 0.187. The van der Waals surface area contributed by atoms with Crippen LogP contribution in [0.3, 0.4) is 0 Å². The highest BCUT2D eigenvalue weighted by Gasteiger charge is 2.47. The molecule has 8 aliphatic rings. The summed E-state index contributed by atoms with van der Waals surface area (Å²) in [5, 5.41) is 22.0. The smallest absolute Gasteiger partial charge is 0.311 e. The summed E-state index contributed by atoms with van der Waals surface area (Å²) in [5.41, 5.74) is 7.88. The molecule has 84 heavy (non-hydrogen) atoms. The van der Waals surface area contributed by atoms with Crippen LogP contribution in [0.2, 0.25) is 10.0 Å². The van der Waals surface area contributed by atoms with Crippen molar-refractivity contribution >= 4 is 58.3 Å². The molecule has 4 heterocycles. The molecule has 2 fully saturated rings. The minimum Gasteiger partial charge on any atom is -0.490 e. The van der Waals surface area contributed by atoms with Crippen molar-refractivity contribution < 1.29 is 48.3 Å². The standard InChI is InChI=1S/2C34H41ClN2O5/c2*1-36-15-4-3-7-30(41-2)26-11-8-24(26)19-37-20-34(14-5-6-23-16-25(35)10-12-28(23)34)21-42-31-13-9-22(17-29(31)37)27(33(39)40)18-32(36)38/h2*3,7,9-10,12-13,16-17,24,26-27,30H,4-6,8,11,14-15,18-21H2,1-2H3,(H,39,40)/b2*7-3+/t24-,26+,27+,30-,34-;24-,26+,27-,30-,34-/m00/s1. The van der Waals surface area contributed by atoms with Crippen LogP contribution in [0, 0.1) is 23.7 Å². The zero-order valence-electron chi connectivity index (χ0n) is 49.1. The molecule has 448 valence electrons. The summed E-state index contributed by atoms with van der Waals surface area (Å²) < 4.78 is 25.2. The van der Waals surface area contributed by atoms with E-state index in [2.05, 4.69) is 58.4 Å². The predicted octanol–water partition coefficient (Wildman–Crippen LogP) is 11.7. The average molecular weight is 1190 g/mol. The van der Waals surface area contributed by atoms with Gasteiger partial charge in [-0.25, -0.2) is 0 Å². The van der Waals surface area contributed by atoms with E-state index in [1.54, 1.807) is 38.1 Å². The molecule has 14 nitrogen and oxygen atoms in total. The molecule has 4 aliphatic carbocycles. The van der Waals surface area contributed by atoms with Crippen LogP contribution in [0.4, 0.5) is 11.4 Å². The number of nitrogens with zero attached hydrogens (tertiary/aromatic N) is 4. The highest BCUT2D eigenvalue weighted by atomic mass is 35.5. The maximum absolute atomic E-state index is 13.1. The summed E-state index contributed by atoms with van der Waals surface area (Å²) in [6, 6.07) is 24.0. The van der Waals surface area contributed by atoms with Crippen LogP contribution in [-0.2, 0) is 52.3 Å². The van der Waals surface area contributed by atoms with Crippen LogP contribution >= 0.6 is 23.2 Å².